The highest BCUT2D eigenvalue weighted by Crippen LogP contribution is 2.23. The maximum Gasteiger partial charge on any atom is 0.268 e. The molecule has 0 saturated carbocycles. The summed E-state index contributed by atoms with van der Waals surface area (Å²) < 4.78 is 3.44. The lowest BCUT2D eigenvalue weighted by Crippen LogP contribution is -2.45. The monoisotopic (exact) mass is 450 g/mol. The van der Waals surface area contributed by atoms with Crippen molar-refractivity contribution in [2.75, 3.05) is 18.0 Å². The van der Waals surface area contributed by atoms with Crippen molar-refractivity contribution in [3.05, 3.63) is 58.1 Å². The Morgan fingerprint density at radius 3 is 2.88 bits per heavy atom. The van der Waals surface area contributed by atoms with Crippen molar-refractivity contribution in [1.82, 2.24) is 24.3 Å². The van der Waals surface area contributed by atoms with Crippen LogP contribution in [0.4, 0.5) is 5.13 Å². The van der Waals surface area contributed by atoms with Crippen molar-refractivity contribution in [2.24, 2.45) is 0 Å². The van der Waals surface area contributed by atoms with Gasteiger partial charge in [0, 0.05) is 43.4 Å². The minimum Gasteiger partial charge on any atom is -0.348 e. The molecule has 0 atom stereocenters. The second-order valence-electron chi connectivity index (χ2n) is 8.17. The summed E-state index contributed by atoms with van der Waals surface area (Å²) in [6, 6.07) is 7.29. The minimum atomic E-state index is -0.147. The quantitative estimate of drug-likeness (QED) is 0.487. The lowest BCUT2D eigenvalue weighted by Gasteiger charge is -2.32. The van der Waals surface area contributed by atoms with Crippen LogP contribution in [0.25, 0.3) is 16.7 Å². The molecule has 1 N–H and O–H groups in total. The van der Waals surface area contributed by atoms with Gasteiger partial charge in [-0.25, -0.2) is 9.97 Å². The van der Waals surface area contributed by atoms with Crippen molar-refractivity contribution >= 4 is 39.1 Å². The van der Waals surface area contributed by atoms with Gasteiger partial charge in [-0.3, -0.25) is 14.0 Å². The molecule has 166 valence electrons. The highest BCUT2D eigenvalue weighted by atomic mass is 32.1. The second-order valence-corrected chi connectivity index (χ2v) is 9.04. The Labute approximate surface area is 189 Å². The van der Waals surface area contributed by atoms with Crippen molar-refractivity contribution in [3.8, 4) is 0 Å². The van der Waals surface area contributed by atoms with Crippen LogP contribution >= 0.6 is 11.3 Å². The number of aromatic nitrogens is 4. The molecular formula is C23H26N6O2S. The lowest BCUT2D eigenvalue weighted by molar-refractivity contribution is 0.0922. The fraction of sp³-hybridized carbons (Fsp3) is 0.391. The van der Waals surface area contributed by atoms with Gasteiger partial charge >= 0.3 is 0 Å². The maximum atomic E-state index is 13.3. The Kier molecular flexibility index (Phi) is 5.65. The van der Waals surface area contributed by atoms with Crippen LogP contribution in [0.2, 0.25) is 0 Å². The van der Waals surface area contributed by atoms with Gasteiger partial charge in [-0.15, -0.1) is 11.3 Å². The van der Waals surface area contributed by atoms with Crippen molar-refractivity contribution in [2.45, 2.75) is 45.2 Å². The average molecular weight is 451 g/mol. The number of unbranched alkanes of at least 4 members (excludes halogenated alkanes) is 1. The molecule has 1 aliphatic heterocycles. The number of hydrogen-bond donors (Lipinski definition) is 1. The zero-order valence-electron chi connectivity index (χ0n) is 18.0. The molecule has 0 aliphatic carbocycles. The van der Waals surface area contributed by atoms with Crippen LogP contribution in [0.15, 0.2) is 46.8 Å². The van der Waals surface area contributed by atoms with Gasteiger partial charge in [0.2, 0.25) is 0 Å². The van der Waals surface area contributed by atoms with Gasteiger partial charge in [0.15, 0.2) is 5.13 Å². The summed E-state index contributed by atoms with van der Waals surface area (Å²) in [6.45, 7) is 4.50. The normalized spacial score (nSPS) is 15.0. The molecule has 8 nitrogen and oxygen atoms in total. The van der Waals surface area contributed by atoms with E-state index < -0.39 is 0 Å². The standard InChI is InChI=1S/C23H26N6O2S/c1-2-3-10-28-18(15-17-20(28)26-19-6-4-5-11-29(19)22(17)31)21(30)25-16-7-12-27(13-8-16)23-24-9-14-32-23/h4-6,9,11,14-16H,2-3,7-8,10,12-13H2,1H3,(H,25,30). The third kappa shape index (κ3) is 3.77. The lowest BCUT2D eigenvalue weighted by atomic mass is 10.1. The van der Waals surface area contributed by atoms with E-state index >= 15 is 0 Å². The summed E-state index contributed by atoms with van der Waals surface area (Å²) in [7, 11) is 0. The summed E-state index contributed by atoms with van der Waals surface area (Å²) in [5.41, 5.74) is 1.53. The van der Waals surface area contributed by atoms with E-state index in [0.717, 1.165) is 43.9 Å². The number of pyridine rings is 1. The number of aryl methyl sites for hydroxylation is 1. The van der Waals surface area contributed by atoms with Gasteiger partial charge in [0.25, 0.3) is 11.5 Å². The third-order valence-corrected chi connectivity index (χ3v) is 6.90. The molecule has 1 saturated heterocycles. The number of carbonyl (C=O) groups excluding carboxylic acids is 1. The summed E-state index contributed by atoms with van der Waals surface area (Å²) in [5.74, 6) is -0.139. The summed E-state index contributed by atoms with van der Waals surface area (Å²) >= 11 is 1.64. The molecule has 0 aromatic carbocycles. The smallest absolute Gasteiger partial charge is 0.268 e. The predicted octanol–water partition coefficient (Wildman–Crippen LogP) is 3.30. The molecule has 9 heteroatoms. The first-order chi connectivity index (χ1) is 15.7. The number of thiazole rings is 1. The molecule has 32 heavy (non-hydrogen) atoms. The second kappa shape index (κ2) is 8.74. The fourth-order valence-corrected chi connectivity index (χ4v) is 5.03. The Bertz CT molecular complexity index is 1300. The van der Waals surface area contributed by atoms with Gasteiger partial charge in [-0.05, 0) is 37.5 Å². The predicted molar refractivity (Wildman–Crippen MR) is 127 cm³/mol. The SMILES string of the molecule is CCCCn1c(C(=O)NC2CCN(c3nccs3)CC2)cc2c(=O)n3ccccc3nc21. The van der Waals surface area contributed by atoms with Crippen molar-refractivity contribution in [1.29, 1.82) is 0 Å². The number of fused-ring (bicyclic) bond motifs is 2. The van der Waals surface area contributed by atoms with Gasteiger partial charge in [0.1, 0.15) is 17.0 Å². The molecule has 1 fully saturated rings. The van der Waals surface area contributed by atoms with Crippen LogP contribution in [0.1, 0.15) is 43.1 Å². The molecule has 5 heterocycles. The molecule has 4 aromatic heterocycles. The van der Waals surface area contributed by atoms with Gasteiger partial charge < -0.3 is 14.8 Å². The molecule has 0 radical (unpaired) electrons. The maximum absolute atomic E-state index is 13.3. The molecule has 4 aromatic rings. The van der Waals surface area contributed by atoms with Crippen LogP contribution in [-0.4, -0.2) is 44.0 Å². The van der Waals surface area contributed by atoms with E-state index in [-0.39, 0.29) is 17.5 Å². The van der Waals surface area contributed by atoms with Crippen LogP contribution in [0.3, 0.4) is 0 Å². The van der Waals surface area contributed by atoms with Crippen LogP contribution in [0, 0.1) is 0 Å². The number of carbonyl (C=O) groups is 1. The zero-order valence-corrected chi connectivity index (χ0v) is 18.8. The first-order valence-electron chi connectivity index (χ1n) is 11.1. The minimum absolute atomic E-state index is 0.101. The van der Waals surface area contributed by atoms with E-state index in [1.54, 1.807) is 23.6 Å². The molecule has 5 rings (SSSR count). The molecule has 0 spiro atoms. The first kappa shape index (κ1) is 20.7. The number of nitrogens with zero attached hydrogens (tertiary/aromatic N) is 5. The van der Waals surface area contributed by atoms with Crippen molar-refractivity contribution in [3.63, 3.8) is 0 Å². The molecule has 0 unspecified atom stereocenters. The molecule has 0 bridgehead atoms. The number of nitrogens with one attached hydrogen (secondary N) is 1. The Hall–Kier alpha value is -3.20. The number of hydrogen-bond acceptors (Lipinski definition) is 6. The number of rotatable bonds is 6. The van der Waals surface area contributed by atoms with Crippen molar-refractivity contribution < 1.29 is 4.79 Å². The van der Waals surface area contributed by atoms with Crippen LogP contribution in [0.5, 0.6) is 0 Å². The summed E-state index contributed by atoms with van der Waals surface area (Å²) in [6.07, 6.45) is 7.16. The van der Waals surface area contributed by atoms with E-state index in [1.807, 2.05) is 34.3 Å². The number of piperidine rings is 1. The molecular weight excluding hydrogens is 424 g/mol. The van der Waals surface area contributed by atoms with E-state index in [4.69, 9.17) is 4.98 Å². The fourth-order valence-electron chi connectivity index (χ4n) is 4.33. The molecule has 1 amide bonds. The highest BCUT2D eigenvalue weighted by molar-refractivity contribution is 7.13. The van der Waals surface area contributed by atoms with Crippen LogP contribution < -0.4 is 15.8 Å². The van der Waals surface area contributed by atoms with Crippen LogP contribution in [-0.2, 0) is 6.54 Å². The van der Waals surface area contributed by atoms with E-state index in [9.17, 15) is 9.59 Å². The Morgan fingerprint density at radius 2 is 2.12 bits per heavy atom. The van der Waals surface area contributed by atoms with E-state index in [2.05, 4.69) is 22.1 Å². The number of anilines is 1. The summed E-state index contributed by atoms with van der Waals surface area (Å²) in [5, 5.41) is 6.70. The average Bonchev–Trinajstić information content (AvgIpc) is 3.47. The Balaban J connectivity index is 1.42. The zero-order chi connectivity index (χ0) is 22.1. The Morgan fingerprint density at radius 1 is 1.28 bits per heavy atom. The van der Waals surface area contributed by atoms with E-state index in [1.165, 1.54) is 4.40 Å². The first-order valence-corrected chi connectivity index (χ1v) is 12.0. The topological polar surface area (TPSA) is 84.5 Å². The van der Waals surface area contributed by atoms with Gasteiger partial charge in [-0.2, -0.15) is 0 Å². The number of amides is 1. The molecule has 1 aliphatic rings. The van der Waals surface area contributed by atoms with Gasteiger partial charge in [-0.1, -0.05) is 19.4 Å². The van der Waals surface area contributed by atoms with E-state index in [0.29, 0.717) is 28.9 Å². The summed E-state index contributed by atoms with van der Waals surface area (Å²) in [4.78, 5) is 37.7. The van der Waals surface area contributed by atoms with Gasteiger partial charge in [0.05, 0.1) is 5.39 Å². The largest absolute Gasteiger partial charge is 0.348 e. The highest BCUT2D eigenvalue weighted by Gasteiger charge is 2.25. The third-order valence-electron chi connectivity index (χ3n) is 6.06.